The van der Waals surface area contributed by atoms with Crippen molar-refractivity contribution in [2.45, 2.75) is 18.9 Å². The molecule has 102 valence electrons. The molecule has 0 aliphatic carbocycles. The molecule has 1 aromatic rings. The third-order valence-corrected chi connectivity index (χ3v) is 3.22. The molecule has 0 amide bonds. The minimum atomic E-state index is -0.776. The largest absolute Gasteiger partial charge is 0.393 e. The van der Waals surface area contributed by atoms with Gasteiger partial charge in [0, 0.05) is 25.2 Å². The quantitative estimate of drug-likeness (QED) is 0.510. The maximum absolute atomic E-state index is 13.6. The number of aldehydes is 1. The van der Waals surface area contributed by atoms with E-state index in [0.29, 0.717) is 25.9 Å². The van der Waals surface area contributed by atoms with Crippen molar-refractivity contribution < 1.29 is 19.2 Å². The van der Waals surface area contributed by atoms with E-state index in [4.69, 9.17) is 0 Å². The fraction of sp³-hybridized carbons (Fsp3) is 0.417. The molecule has 6 nitrogen and oxygen atoms in total. The molecule has 0 aromatic heterocycles. The van der Waals surface area contributed by atoms with Crippen molar-refractivity contribution in [3.05, 3.63) is 33.6 Å². The Balaban J connectivity index is 2.41. The zero-order valence-corrected chi connectivity index (χ0v) is 10.1. The number of hydrogen-bond donors (Lipinski definition) is 1. The van der Waals surface area contributed by atoms with Crippen LogP contribution in [0.1, 0.15) is 23.2 Å². The molecule has 0 bridgehead atoms. The van der Waals surface area contributed by atoms with Crippen LogP contribution in [0.3, 0.4) is 0 Å². The first-order valence-electron chi connectivity index (χ1n) is 5.89. The summed E-state index contributed by atoms with van der Waals surface area (Å²) in [5.74, 6) is -0.776. The van der Waals surface area contributed by atoms with Gasteiger partial charge in [0.15, 0.2) is 6.29 Å². The number of rotatable bonds is 3. The minimum Gasteiger partial charge on any atom is -0.393 e. The van der Waals surface area contributed by atoms with Crippen LogP contribution in [0, 0.1) is 15.9 Å². The first kappa shape index (κ1) is 13.4. The molecule has 1 aromatic carbocycles. The van der Waals surface area contributed by atoms with Gasteiger partial charge in [-0.05, 0) is 12.8 Å². The SMILES string of the molecule is O=Cc1cc([N+](=O)[O-])c(N2CCC(O)CC2)cc1F. The molecule has 1 fully saturated rings. The van der Waals surface area contributed by atoms with E-state index in [1.807, 2.05) is 0 Å². The number of aliphatic hydroxyl groups is 1. The monoisotopic (exact) mass is 268 g/mol. The van der Waals surface area contributed by atoms with Gasteiger partial charge in [-0.2, -0.15) is 0 Å². The zero-order valence-electron chi connectivity index (χ0n) is 10.1. The number of carbonyl (C=O) groups is 1. The third kappa shape index (κ3) is 2.70. The van der Waals surface area contributed by atoms with Gasteiger partial charge in [-0.25, -0.2) is 4.39 Å². The van der Waals surface area contributed by atoms with Crippen molar-refractivity contribution in [1.29, 1.82) is 0 Å². The maximum Gasteiger partial charge on any atom is 0.293 e. The van der Waals surface area contributed by atoms with Crippen LogP contribution < -0.4 is 4.90 Å². The van der Waals surface area contributed by atoms with E-state index in [1.165, 1.54) is 0 Å². The number of nitro groups is 1. The topological polar surface area (TPSA) is 83.7 Å². The molecule has 1 aliphatic rings. The van der Waals surface area contributed by atoms with Crippen LogP contribution in [0.5, 0.6) is 0 Å². The summed E-state index contributed by atoms with van der Waals surface area (Å²) < 4.78 is 13.6. The van der Waals surface area contributed by atoms with Crippen molar-refractivity contribution >= 4 is 17.7 Å². The van der Waals surface area contributed by atoms with Crippen LogP contribution >= 0.6 is 0 Å². The average Bonchev–Trinajstić information content (AvgIpc) is 2.39. The van der Waals surface area contributed by atoms with Crippen molar-refractivity contribution in [2.75, 3.05) is 18.0 Å². The summed E-state index contributed by atoms with van der Waals surface area (Å²) in [6.07, 6.45) is 0.795. The van der Waals surface area contributed by atoms with Crippen LogP contribution in [-0.4, -0.2) is 35.5 Å². The van der Waals surface area contributed by atoms with Gasteiger partial charge in [-0.15, -0.1) is 0 Å². The van der Waals surface area contributed by atoms with Crippen LogP contribution in [0.4, 0.5) is 15.8 Å². The van der Waals surface area contributed by atoms with E-state index in [2.05, 4.69) is 0 Å². The Morgan fingerprint density at radius 1 is 1.42 bits per heavy atom. The summed E-state index contributed by atoms with van der Waals surface area (Å²) in [5, 5.41) is 20.4. The first-order valence-corrected chi connectivity index (χ1v) is 5.89. The molecular formula is C12H13FN2O4. The summed E-state index contributed by atoms with van der Waals surface area (Å²) in [7, 11) is 0. The predicted molar refractivity (Wildman–Crippen MR) is 65.9 cm³/mol. The molecule has 0 radical (unpaired) electrons. The standard InChI is InChI=1S/C12H13FN2O4/c13-10-6-11(14-3-1-9(17)2-4-14)12(15(18)19)5-8(10)7-16/h5-7,9,17H,1-4H2. The first-order chi connectivity index (χ1) is 9.02. The molecule has 0 atom stereocenters. The number of halogens is 1. The zero-order chi connectivity index (χ0) is 14.0. The van der Waals surface area contributed by atoms with Gasteiger partial charge < -0.3 is 10.0 Å². The number of anilines is 1. The number of nitro benzene ring substituents is 1. The molecule has 0 saturated carbocycles. The van der Waals surface area contributed by atoms with Crippen molar-refractivity contribution in [2.24, 2.45) is 0 Å². The van der Waals surface area contributed by atoms with E-state index >= 15 is 0 Å². The average molecular weight is 268 g/mol. The van der Waals surface area contributed by atoms with Gasteiger partial charge in [0.2, 0.25) is 0 Å². The van der Waals surface area contributed by atoms with Crippen molar-refractivity contribution in [3.63, 3.8) is 0 Å². The number of carbonyl (C=O) groups excluding carboxylic acids is 1. The summed E-state index contributed by atoms with van der Waals surface area (Å²) in [6, 6.07) is 1.96. The van der Waals surface area contributed by atoms with Crippen LogP contribution in [0.25, 0.3) is 0 Å². The highest BCUT2D eigenvalue weighted by Gasteiger charge is 2.25. The maximum atomic E-state index is 13.6. The number of aliphatic hydroxyl groups excluding tert-OH is 1. The van der Waals surface area contributed by atoms with Gasteiger partial charge in [0.1, 0.15) is 11.5 Å². The van der Waals surface area contributed by atoms with Crippen LogP contribution in [-0.2, 0) is 0 Å². The second-order valence-corrected chi connectivity index (χ2v) is 4.46. The number of hydrogen-bond acceptors (Lipinski definition) is 5. The second-order valence-electron chi connectivity index (χ2n) is 4.46. The van der Waals surface area contributed by atoms with E-state index in [1.54, 1.807) is 4.90 Å². The fourth-order valence-corrected chi connectivity index (χ4v) is 2.16. The lowest BCUT2D eigenvalue weighted by atomic mass is 10.1. The molecule has 1 heterocycles. The summed E-state index contributed by atoms with van der Waals surface area (Å²) in [5.41, 5.74) is -0.465. The van der Waals surface area contributed by atoms with Crippen molar-refractivity contribution in [3.8, 4) is 0 Å². The van der Waals surface area contributed by atoms with Gasteiger partial charge in [-0.3, -0.25) is 14.9 Å². The molecule has 7 heteroatoms. The van der Waals surface area contributed by atoms with Gasteiger partial charge in [-0.1, -0.05) is 0 Å². The van der Waals surface area contributed by atoms with E-state index < -0.39 is 16.8 Å². The summed E-state index contributed by atoms with van der Waals surface area (Å²) >= 11 is 0. The van der Waals surface area contributed by atoms with E-state index in [9.17, 15) is 24.4 Å². The Morgan fingerprint density at radius 2 is 2.05 bits per heavy atom. The highest BCUT2D eigenvalue weighted by molar-refractivity contribution is 5.80. The van der Waals surface area contributed by atoms with Crippen molar-refractivity contribution in [1.82, 2.24) is 0 Å². The molecule has 19 heavy (non-hydrogen) atoms. The highest BCUT2D eigenvalue weighted by Crippen LogP contribution is 2.32. The van der Waals surface area contributed by atoms with Gasteiger partial charge in [0.05, 0.1) is 16.6 Å². The Hall–Kier alpha value is -2.02. The van der Waals surface area contributed by atoms with Gasteiger partial charge >= 0.3 is 0 Å². The number of nitrogens with zero attached hydrogens (tertiary/aromatic N) is 2. The third-order valence-electron chi connectivity index (χ3n) is 3.22. The molecule has 1 N–H and O–H groups in total. The fourth-order valence-electron chi connectivity index (χ4n) is 2.16. The Labute approximate surface area is 108 Å². The normalized spacial score (nSPS) is 16.4. The molecule has 1 aliphatic heterocycles. The summed E-state index contributed by atoms with van der Waals surface area (Å²) in [6.45, 7) is 0.837. The second kappa shape index (κ2) is 5.31. The Morgan fingerprint density at radius 3 is 2.58 bits per heavy atom. The Kier molecular flexibility index (Phi) is 3.75. The smallest absolute Gasteiger partial charge is 0.293 e. The lowest BCUT2D eigenvalue weighted by molar-refractivity contribution is -0.384. The molecule has 0 unspecified atom stereocenters. The lowest BCUT2D eigenvalue weighted by Gasteiger charge is -2.31. The Bertz CT molecular complexity index is 513. The van der Waals surface area contributed by atoms with Crippen LogP contribution in [0.15, 0.2) is 12.1 Å². The van der Waals surface area contributed by atoms with Crippen LogP contribution in [0.2, 0.25) is 0 Å². The molecule has 1 saturated heterocycles. The predicted octanol–water partition coefficient (Wildman–Crippen LogP) is 1.51. The number of piperidine rings is 1. The minimum absolute atomic E-state index is 0.153. The van der Waals surface area contributed by atoms with E-state index in [-0.39, 0.29) is 23.2 Å². The highest BCUT2D eigenvalue weighted by atomic mass is 19.1. The molecule has 2 rings (SSSR count). The molecular weight excluding hydrogens is 255 g/mol. The number of benzene rings is 1. The summed E-state index contributed by atoms with van der Waals surface area (Å²) in [4.78, 5) is 22.6. The van der Waals surface area contributed by atoms with E-state index in [0.717, 1.165) is 12.1 Å². The molecule has 0 spiro atoms. The lowest BCUT2D eigenvalue weighted by Crippen LogP contribution is -2.36. The van der Waals surface area contributed by atoms with Gasteiger partial charge in [0.25, 0.3) is 5.69 Å².